The molecule has 1 saturated heterocycles. The molecule has 26 heavy (non-hydrogen) atoms. The molecule has 3 atom stereocenters. The van der Waals surface area contributed by atoms with E-state index in [0.29, 0.717) is 30.0 Å². The molecule has 2 fully saturated rings. The molecule has 7 nitrogen and oxygen atoms in total. The highest BCUT2D eigenvalue weighted by Crippen LogP contribution is 2.43. The van der Waals surface area contributed by atoms with Gasteiger partial charge in [-0.15, -0.1) is 0 Å². The average Bonchev–Trinajstić information content (AvgIpc) is 3.37. The van der Waals surface area contributed by atoms with Crippen LogP contribution in [0.4, 0.5) is 0 Å². The Morgan fingerprint density at radius 3 is 2.92 bits per heavy atom. The minimum absolute atomic E-state index is 0.0789. The minimum Gasteiger partial charge on any atom is -0.497 e. The molecule has 7 heteroatoms. The van der Waals surface area contributed by atoms with Crippen molar-refractivity contribution in [2.45, 2.75) is 44.7 Å². The fourth-order valence-electron chi connectivity index (χ4n) is 4.21. The van der Waals surface area contributed by atoms with E-state index < -0.39 is 0 Å². The molecule has 0 N–H and O–H groups in total. The van der Waals surface area contributed by atoms with Gasteiger partial charge >= 0.3 is 0 Å². The summed E-state index contributed by atoms with van der Waals surface area (Å²) < 4.78 is 16.0. The summed E-state index contributed by atoms with van der Waals surface area (Å²) in [6, 6.07) is 7.97. The Bertz CT molecular complexity index is 791. The van der Waals surface area contributed by atoms with E-state index in [1.54, 1.807) is 14.0 Å². The van der Waals surface area contributed by atoms with Crippen LogP contribution in [-0.2, 0) is 11.2 Å². The number of benzene rings is 1. The van der Waals surface area contributed by atoms with Gasteiger partial charge in [0.2, 0.25) is 5.91 Å². The Morgan fingerprint density at radius 1 is 1.31 bits per heavy atom. The normalized spacial score (nSPS) is 24.1. The lowest BCUT2D eigenvalue weighted by atomic mass is 9.99. The number of hydrogen-bond donors (Lipinski definition) is 0. The molecule has 138 valence electrons. The number of carbonyl (C=O) groups excluding carboxylic acids is 1. The maximum absolute atomic E-state index is 12.9. The summed E-state index contributed by atoms with van der Waals surface area (Å²) in [7, 11) is 1.64. The van der Waals surface area contributed by atoms with Crippen LogP contribution in [0.3, 0.4) is 0 Å². The summed E-state index contributed by atoms with van der Waals surface area (Å²) in [6.07, 6.45) is 3.52. The van der Waals surface area contributed by atoms with Gasteiger partial charge < -0.3 is 14.4 Å². The second-order valence-electron chi connectivity index (χ2n) is 7.06. The topological polar surface area (TPSA) is 77.7 Å². The van der Waals surface area contributed by atoms with E-state index >= 15 is 0 Å². The lowest BCUT2D eigenvalue weighted by Crippen LogP contribution is -2.48. The first-order chi connectivity index (χ1) is 12.7. The number of likely N-dealkylation sites (tertiary alicyclic amines) is 1. The fourth-order valence-corrected chi connectivity index (χ4v) is 4.21. The molecule has 1 aromatic heterocycles. The Hall–Kier alpha value is -2.57. The number of hydrogen-bond acceptors (Lipinski definition) is 6. The molecule has 2 aliphatic rings. The summed E-state index contributed by atoms with van der Waals surface area (Å²) in [4.78, 5) is 14.9. The number of carbonyl (C=O) groups is 1. The van der Waals surface area contributed by atoms with E-state index in [0.717, 1.165) is 30.8 Å². The summed E-state index contributed by atoms with van der Waals surface area (Å²) >= 11 is 0. The smallest absolute Gasteiger partial charge is 0.229 e. The highest BCUT2D eigenvalue weighted by molar-refractivity contribution is 5.79. The highest BCUT2D eigenvalue weighted by atomic mass is 16.6. The van der Waals surface area contributed by atoms with Crippen molar-refractivity contribution in [3.63, 3.8) is 0 Å². The SMILES string of the molecule is COc1cccc(OC[C@H]2[C@H]3CC[C@@H](C3)N2C(=O)Cc2nonc2C)c1. The standard InChI is InChI=1S/C19H23N3O4/c1-12-17(21-26-20-12)10-19(23)22-14-7-6-13(8-14)18(22)11-25-16-5-3-4-15(9-16)24-2/h3-5,9,13-14,18H,6-8,10-11H2,1-2H3/t13-,14-,18-/m0/s1. The molecule has 2 bridgehead atoms. The number of aromatic nitrogens is 2. The summed E-state index contributed by atoms with van der Waals surface area (Å²) in [6.45, 7) is 2.30. The fraction of sp³-hybridized carbons (Fsp3) is 0.526. The third-order valence-electron chi connectivity index (χ3n) is 5.56. The van der Waals surface area contributed by atoms with E-state index in [-0.39, 0.29) is 18.4 Å². The average molecular weight is 357 g/mol. The van der Waals surface area contributed by atoms with Gasteiger partial charge in [0, 0.05) is 12.1 Å². The molecular weight excluding hydrogens is 334 g/mol. The summed E-state index contributed by atoms with van der Waals surface area (Å²) in [5.74, 6) is 2.11. The van der Waals surface area contributed by atoms with Gasteiger partial charge in [-0.3, -0.25) is 4.79 Å². The van der Waals surface area contributed by atoms with Crippen LogP contribution in [0.25, 0.3) is 0 Å². The number of amides is 1. The zero-order valence-corrected chi connectivity index (χ0v) is 15.1. The van der Waals surface area contributed by atoms with E-state index in [1.807, 2.05) is 29.2 Å². The minimum atomic E-state index is 0.0789. The van der Waals surface area contributed by atoms with Crippen molar-refractivity contribution in [3.8, 4) is 11.5 Å². The predicted octanol–water partition coefficient (Wildman–Crippen LogP) is 2.39. The summed E-state index contributed by atoms with van der Waals surface area (Å²) in [5.41, 5.74) is 1.29. The largest absolute Gasteiger partial charge is 0.497 e. The number of ether oxygens (including phenoxy) is 2. The second kappa shape index (κ2) is 6.97. The van der Waals surface area contributed by atoms with E-state index in [1.165, 1.54) is 0 Å². The number of piperidine rings is 1. The van der Waals surface area contributed by atoms with Crippen molar-refractivity contribution in [1.82, 2.24) is 15.2 Å². The molecule has 2 aromatic rings. The number of aryl methyl sites for hydroxylation is 1. The summed E-state index contributed by atoms with van der Waals surface area (Å²) in [5, 5.41) is 7.61. The molecule has 1 amide bonds. The van der Waals surface area contributed by atoms with Gasteiger partial charge in [-0.25, -0.2) is 4.63 Å². The molecule has 1 aliphatic heterocycles. The van der Waals surface area contributed by atoms with Gasteiger partial charge in [0.25, 0.3) is 0 Å². The van der Waals surface area contributed by atoms with Crippen LogP contribution in [0.15, 0.2) is 28.9 Å². The second-order valence-corrected chi connectivity index (χ2v) is 7.06. The lowest BCUT2D eigenvalue weighted by molar-refractivity contribution is -0.135. The molecule has 1 saturated carbocycles. The Kier molecular flexibility index (Phi) is 4.53. The van der Waals surface area contributed by atoms with Crippen LogP contribution in [-0.4, -0.2) is 46.9 Å². The van der Waals surface area contributed by atoms with E-state index in [9.17, 15) is 4.79 Å². The molecular formula is C19H23N3O4. The van der Waals surface area contributed by atoms with Gasteiger partial charge in [-0.1, -0.05) is 16.4 Å². The third-order valence-corrected chi connectivity index (χ3v) is 5.56. The maximum Gasteiger partial charge on any atom is 0.229 e. The van der Waals surface area contributed by atoms with Crippen LogP contribution in [0.2, 0.25) is 0 Å². The van der Waals surface area contributed by atoms with Crippen molar-refractivity contribution >= 4 is 5.91 Å². The molecule has 4 rings (SSSR count). The molecule has 1 aliphatic carbocycles. The van der Waals surface area contributed by atoms with Crippen LogP contribution < -0.4 is 9.47 Å². The third kappa shape index (κ3) is 3.13. The van der Waals surface area contributed by atoms with Crippen molar-refractivity contribution in [3.05, 3.63) is 35.7 Å². The molecule has 2 heterocycles. The molecule has 0 spiro atoms. The van der Waals surface area contributed by atoms with Crippen molar-refractivity contribution < 1.29 is 18.9 Å². The van der Waals surface area contributed by atoms with Crippen molar-refractivity contribution in [2.24, 2.45) is 5.92 Å². The predicted molar refractivity (Wildman–Crippen MR) is 93.0 cm³/mol. The van der Waals surface area contributed by atoms with Crippen LogP contribution in [0.5, 0.6) is 11.5 Å². The quantitative estimate of drug-likeness (QED) is 0.790. The van der Waals surface area contributed by atoms with Gasteiger partial charge in [-0.2, -0.15) is 0 Å². The first-order valence-corrected chi connectivity index (χ1v) is 9.01. The zero-order valence-electron chi connectivity index (χ0n) is 15.1. The Labute approximate surface area is 152 Å². The Balaban J connectivity index is 1.45. The van der Waals surface area contributed by atoms with Crippen LogP contribution >= 0.6 is 0 Å². The van der Waals surface area contributed by atoms with E-state index in [4.69, 9.17) is 14.1 Å². The molecule has 0 radical (unpaired) electrons. The Morgan fingerprint density at radius 2 is 2.15 bits per heavy atom. The first kappa shape index (κ1) is 16.9. The number of rotatable bonds is 6. The van der Waals surface area contributed by atoms with Crippen LogP contribution in [0.1, 0.15) is 30.7 Å². The van der Waals surface area contributed by atoms with Gasteiger partial charge in [-0.05, 0) is 44.2 Å². The maximum atomic E-state index is 12.9. The number of methoxy groups -OCH3 is 1. The van der Waals surface area contributed by atoms with Crippen molar-refractivity contribution in [2.75, 3.05) is 13.7 Å². The molecule has 0 unspecified atom stereocenters. The lowest BCUT2D eigenvalue weighted by Gasteiger charge is -2.35. The van der Waals surface area contributed by atoms with E-state index in [2.05, 4.69) is 10.3 Å². The number of fused-ring (bicyclic) bond motifs is 2. The monoisotopic (exact) mass is 357 g/mol. The van der Waals surface area contributed by atoms with Gasteiger partial charge in [0.1, 0.15) is 29.5 Å². The van der Waals surface area contributed by atoms with Crippen LogP contribution in [0, 0.1) is 12.8 Å². The first-order valence-electron chi connectivity index (χ1n) is 9.01. The van der Waals surface area contributed by atoms with Crippen molar-refractivity contribution in [1.29, 1.82) is 0 Å². The van der Waals surface area contributed by atoms with Gasteiger partial charge in [0.15, 0.2) is 0 Å². The van der Waals surface area contributed by atoms with Gasteiger partial charge in [0.05, 0.1) is 19.6 Å². The zero-order chi connectivity index (χ0) is 18.1. The highest BCUT2D eigenvalue weighted by Gasteiger charge is 2.48. The number of nitrogens with zero attached hydrogens (tertiary/aromatic N) is 3. The molecule has 1 aromatic carbocycles.